The SMILES string of the molecule is CC(C)(C)S(=O)(=O)c1ncc2c(n1)CCN(CCC(=O)NCCOCCOCCOCCOCCOCCOCCOCCOCCOCCOCCOCCOCCC(=O)NCC(=O)NCC(=O)N[C@@H](Cc1ccccc1)C(=O)NCC(=O)NCO[C@H](C(=O)O)C1CC1)C2=O. The maximum atomic E-state index is 13.0. The molecule has 0 bridgehead atoms. The minimum atomic E-state index is -3.76. The Bertz CT molecular complexity index is 2710. The maximum absolute atomic E-state index is 13.0. The van der Waals surface area contributed by atoms with E-state index in [2.05, 4.69) is 41.9 Å². The lowest BCUT2D eigenvalue weighted by Gasteiger charge is -2.28. The first-order chi connectivity index (χ1) is 46.3. The summed E-state index contributed by atoms with van der Waals surface area (Å²) in [4.78, 5) is 109. The Morgan fingerprint density at radius 3 is 1.48 bits per heavy atom. The minimum Gasteiger partial charge on any atom is -0.479 e. The van der Waals surface area contributed by atoms with E-state index in [9.17, 15) is 51.9 Å². The number of nitrogens with zero attached hydrogens (tertiary/aromatic N) is 3. The first-order valence-electron chi connectivity index (χ1n) is 32.2. The molecule has 96 heavy (non-hydrogen) atoms. The molecule has 2 atom stereocenters. The first kappa shape index (κ1) is 81.9. The van der Waals surface area contributed by atoms with Gasteiger partial charge in [-0.15, -0.1) is 0 Å². The van der Waals surface area contributed by atoms with Crippen LogP contribution >= 0.6 is 0 Å². The molecule has 1 saturated carbocycles. The van der Waals surface area contributed by atoms with Gasteiger partial charge in [-0.3, -0.25) is 33.6 Å². The van der Waals surface area contributed by atoms with E-state index in [-0.39, 0.29) is 80.8 Å². The van der Waals surface area contributed by atoms with Crippen LogP contribution in [0, 0.1) is 5.92 Å². The van der Waals surface area contributed by atoms with Gasteiger partial charge in [-0.1, -0.05) is 30.3 Å². The van der Waals surface area contributed by atoms with E-state index in [1.165, 1.54) is 11.1 Å². The molecule has 1 fully saturated rings. The second-order valence-electron chi connectivity index (χ2n) is 22.5. The lowest BCUT2D eigenvalue weighted by molar-refractivity contribution is -0.153. The summed E-state index contributed by atoms with van der Waals surface area (Å²) >= 11 is 0. The third-order valence-electron chi connectivity index (χ3n) is 13.8. The van der Waals surface area contributed by atoms with Crippen LogP contribution in [0.25, 0.3) is 0 Å². The molecule has 2 aliphatic rings. The highest BCUT2D eigenvalue weighted by atomic mass is 32.2. The number of sulfone groups is 1. The summed E-state index contributed by atoms with van der Waals surface area (Å²) < 4.78 is 95.6. The minimum absolute atomic E-state index is 0.0157. The van der Waals surface area contributed by atoms with Crippen molar-refractivity contribution in [3.8, 4) is 0 Å². The Labute approximate surface area is 560 Å². The van der Waals surface area contributed by atoms with Crippen molar-refractivity contribution >= 4 is 57.2 Å². The van der Waals surface area contributed by atoms with Crippen molar-refractivity contribution in [1.82, 2.24) is 46.8 Å². The van der Waals surface area contributed by atoms with E-state index in [4.69, 9.17) is 61.6 Å². The maximum Gasteiger partial charge on any atom is 0.333 e. The lowest BCUT2D eigenvalue weighted by atomic mass is 10.1. The molecule has 0 unspecified atom stereocenters. The number of carbonyl (C=O) groups excluding carboxylic acids is 7. The van der Waals surface area contributed by atoms with Crippen molar-refractivity contribution in [3.63, 3.8) is 0 Å². The zero-order valence-electron chi connectivity index (χ0n) is 55.4. The number of carboxylic acid groups (broad SMARTS) is 1. The number of ether oxygens (including phenoxy) is 13. The van der Waals surface area contributed by atoms with E-state index in [0.717, 1.165) is 18.4 Å². The standard InChI is InChI=1S/C62H99N9O24S/c1-62(2,3)96(81,82)61-67-42-49-50(70-61)11-15-71(59(49)78)16-12-52(72)63-14-18-84-20-22-86-24-26-88-28-30-90-32-34-92-36-38-94-40-39-93-37-35-91-33-31-89-29-27-87-25-23-85-21-19-83-17-13-53(73)64-43-54(74)65-45-56(76)69-51(41-47-7-5-4-6-8-47)58(77)66-44-55(75)68-46-95-57(60(79)80)48-9-10-48/h4-8,42,48,51,57H,9-41,43-46H2,1-3H3,(H,63,72)(H,64,73)(H,65,74)(H,66,77)(H,68,75)(H,69,76)(H,79,80)/t51-,57-/m0/s1. The largest absolute Gasteiger partial charge is 0.479 e. The molecule has 7 N–H and O–H groups in total. The highest BCUT2D eigenvalue weighted by molar-refractivity contribution is 7.92. The number of amides is 7. The molecular weight excluding hydrogens is 1290 g/mol. The van der Waals surface area contributed by atoms with Gasteiger partial charge in [-0.05, 0) is 45.1 Å². The average molecular weight is 1390 g/mol. The normalized spacial score (nSPS) is 13.7. The Morgan fingerprint density at radius 1 is 0.562 bits per heavy atom. The van der Waals surface area contributed by atoms with E-state index in [1.54, 1.807) is 51.1 Å². The van der Waals surface area contributed by atoms with Crippen molar-refractivity contribution in [2.45, 2.75) is 81.3 Å². The Kier molecular flexibility index (Phi) is 41.9. The van der Waals surface area contributed by atoms with Crippen LogP contribution in [0.3, 0.4) is 0 Å². The number of hydrogen-bond donors (Lipinski definition) is 7. The zero-order chi connectivity index (χ0) is 69.5. The molecule has 1 aliphatic carbocycles. The number of rotatable bonds is 58. The fourth-order valence-electron chi connectivity index (χ4n) is 8.36. The van der Waals surface area contributed by atoms with Crippen LogP contribution in [0.1, 0.15) is 68.1 Å². The number of benzene rings is 1. The molecule has 0 radical (unpaired) electrons. The molecule has 34 heteroatoms. The summed E-state index contributed by atoms with van der Waals surface area (Å²) in [6, 6.07) is 7.72. The van der Waals surface area contributed by atoms with Gasteiger partial charge in [0.2, 0.25) is 50.4 Å². The molecule has 2 aromatic rings. The molecule has 4 rings (SSSR count). The number of nitrogens with one attached hydrogen (secondary N) is 6. The second-order valence-corrected chi connectivity index (χ2v) is 25.1. The van der Waals surface area contributed by atoms with Crippen molar-refractivity contribution in [1.29, 1.82) is 0 Å². The second kappa shape index (κ2) is 49.1. The van der Waals surface area contributed by atoms with E-state index in [0.29, 0.717) is 164 Å². The predicted octanol–water partition coefficient (Wildman–Crippen LogP) is -1.83. The lowest BCUT2D eigenvalue weighted by Crippen LogP contribution is -2.52. The van der Waals surface area contributed by atoms with Crippen LogP contribution in [0.2, 0.25) is 0 Å². The van der Waals surface area contributed by atoms with Gasteiger partial charge in [0, 0.05) is 51.5 Å². The number of aliphatic carboxylic acids is 1. The van der Waals surface area contributed by atoms with Crippen LogP contribution in [0.15, 0.2) is 41.7 Å². The van der Waals surface area contributed by atoms with Crippen molar-refractivity contribution < 1.29 is 113 Å². The van der Waals surface area contributed by atoms with Gasteiger partial charge in [0.1, 0.15) is 12.8 Å². The summed E-state index contributed by atoms with van der Waals surface area (Å²) in [5, 5.41) is 24.0. The van der Waals surface area contributed by atoms with Gasteiger partial charge in [0.15, 0.2) is 6.10 Å². The zero-order valence-corrected chi connectivity index (χ0v) is 56.3. The van der Waals surface area contributed by atoms with Crippen molar-refractivity contribution in [2.24, 2.45) is 5.92 Å². The van der Waals surface area contributed by atoms with E-state index in [1.807, 2.05) is 0 Å². The molecule has 0 spiro atoms. The molecule has 2 heterocycles. The highest BCUT2D eigenvalue weighted by Gasteiger charge is 2.38. The first-order valence-corrected chi connectivity index (χ1v) is 33.7. The monoisotopic (exact) mass is 1390 g/mol. The molecule has 7 amide bonds. The quantitative estimate of drug-likeness (QED) is 0.0218. The van der Waals surface area contributed by atoms with Gasteiger partial charge in [0.05, 0.1) is 194 Å². The van der Waals surface area contributed by atoms with Crippen LogP contribution in [-0.4, -0.2) is 297 Å². The average Bonchev–Trinajstić information content (AvgIpc) is 0.949. The summed E-state index contributed by atoms with van der Waals surface area (Å²) in [6.07, 6.45) is 2.23. The number of aromatic nitrogens is 2. The van der Waals surface area contributed by atoms with E-state index < -0.39 is 81.9 Å². The summed E-state index contributed by atoms with van der Waals surface area (Å²) in [5.41, 5.74) is 1.36. The molecule has 542 valence electrons. The summed E-state index contributed by atoms with van der Waals surface area (Å²) in [6.45, 7) is 12.8. The third kappa shape index (κ3) is 36.7. The fraction of sp³-hybridized carbons (Fsp3) is 0.710. The van der Waals surface area contributed by atoms with Crippen LogP contribution in [0.5, 0.6) is 0 Å². The third-order valence-corrected chi connectivity index (χ3v) is 16.1. The van der Waals surface area contributed by atoms with Gasteiger partial charge in [-0.25, -0.2) is 23.2 Å². The molecule has 33 nitrogen and oxygen atoms in total. The Morgan fingerprint density at radius 2 is 1.00 bits per heavy atom. The predicted molar refractivity (Wildman–Crippen MR) is 340 cm³/mol. The number of carbonyl (C=O) groups is 8. The van der Waals surface area contributed by atoms with Crippen LogP contribution in [-0.2, 0) is 118 Å². The van der Waals surface area contributed by atoms with Crippen LogP contribution in [0.4, 0.5) is 0 Å². The molecule has 1 aromatic carbocycles. The fourth-order valence-corrected chi connectivity index (χ4v) is 9.33. The molecule has 0 saturated heterocycles. The van der Waals surface area contributed by atoms with Crippen molar-refractivity contribution in [2.75, 3.05) is 205 Å². The van der Waals surface area contributed by atoms with Gasteiger partial charge < -0.3 is 103 Å². The summed E-state index contributed by atoms with van der Waals surface area (Å²) in [5.74, 6) is -4.83. The number of hydrogen-bond acceptors (Lipinski definition) is 25. The highest BCUT2D eigenvalue weighted by Crippen LogP contribution is 2.34. The Balaban J connectivity index is 0.800. The van der Waals surface area contributed by atoms with Crippen LogP contribution < -0.4 is 31.9 Å². The smallest absolute Gasteiger partial charge is 0.333 e. The Hall–Kier alpha value is -6.51. The van der Waals surface area contributed by atoms with Gasteiger partial charge in [-0.2, -0.15) is 0 Å². The summed E-state index contributed by atoms with van der Waals surface area (Å²) in [7, 11) is -3.76. The number of fused-ring (bicyclic) bond motifs is 1. The van der Waals surface area contributed by atoms with Gasteiger partial charge >= 0.3 is 5.97 Å². The van der Waals surface area contributed by atoms with E-state index >= 15 is 0 Å². The topological polar surface area (TPSA) is 412 Å². The number of carboxylic acids is 1. The molecule has 1 aliphatic heterocycles. The molecular formula is C62H99N9O24S. The van der Waals surface area contributed by atoms with Crippen molar-refractivity contribution in [3.05, 3.63) is 53.3 Å². The van der Waals surface area contributed by atoms with Gasteiger partial charge in [0.25, 0.3) is 5.91 Å². The molecule has 1 aromatic heterocycles.